The first-order valence-corrected chi connectivity index (χ1v) is 8.29. The lowest BCUT2D eigenvalue weighted by molar-refractivity contribution is -0.0501. The predicted molar refractivity (Wildman–Crippen MR) is 92.6 cm³/mol. The fraction of sp³-hybridized carbons (Fsp3) is 0.263. The van der Waals surface area contributed by atoms with E-state index < -0.39 is 12.5 Å². The van der Waals surface area contributed by atoms with Crippen LogP contribution in [0.2, 0.25) is 0 Å². The smallest absolute Gasteiger partial charge is 0.387 e. The Bertz CT molecular complexity index is 788. The number of nitrogens with zero attached hydrogens (tertiary/aromatic N) is 1. The molecule has 2 aromatic rings. The van der Waals surface area contributed by atoms with Crippen molar-refractivity contribution >= 4 is 17.5 Å². The van der Waals surface area contributed by atoms with Crippen LogP contribution in [-0.4, -0.2) is 36.4 Å². The minimum Gasteiger partial charge on any atom is -0.434 e. The molecule has 1 N–H and O–H groups in total. The van der Waals surface area contributed by atoms with Gasteiger partial charge in [-0.25, -0.2) is 0 Å². The highest BCUT2D eigenvalue weighted by atomic mass is 19.3. The van der Waals surface area contributed by atoms with Crippen molar-refractivity contribution in [2.24, 2.45) is 0 Å². The van der Waals surface area contributed by atoms with Crippen molar-refractivity contribution in [2.75, 3.05) is 18.4 Å². The lowest BCUT2D eigenvalue weighted by Gasteiger charge is -2.15. The minimum atomic E-state index is -3.01. The van der Waals surface area contributed by atoms with Crippen molar-refractivity contribution in [3.05, 3.63) is 59.7 Å². The molecule has 0 atom stereocenters. The van der Waals surface area contributed by atoms with Gasteiger partial charge in [-0.1, -0.05) is 12.1 Å². The molecule has 2 amide bonds. The van der Waals surface area contributed by atoms with Crippen LogP contribution in [0.25, 0.3) is 0 Å². The predicted octanol–water partition coefficient (Wildman–Crippen LogP) is 3.78. The van der Waals surface area contributed by atoms with Gasteiger partial charge in [0.2, 0.25) is 0 Å². The molecule has 0 radical (unpaired) electrons. The minimum absolute atomic E-state index is 0.00465. The van der Waals surface area contributed by atoms with Crippen LogP contribution in [0.15, 0.2) is 48.5 Å². The Morgan fingerprint density at radius 3 is 2.31 bits per heavy atom. The standard InChI is InChI=1S/C19H18F2N2O3/c20-19(21)26-16-6-2-1-5-15(16)17(24)22-14-9-7-13(8-10-14)18(25)23-11-3-4-12-23/h1-2,5-10,19H,3-4,11-12H2,(H,22,24). The van der Waals surface area contributed by atoms with Gasteiger partial charge in [-0.15, -0.1) is 0 Å². The molecule has 0 saturated carbocycles. The molecule has 0 aromatic heterocycles. The molecule has 5 nitrogen and oxygen atoms in total. The zero-order valence-electron chi connectivity index (χ0n) is 14.0. The summed E-state index contributed by atoms with van der Waals surface area (Å²) >= 11 is 0. The van der Waals surface area contributed by atoms with Crippen LogP contribution >= 0.6 is 0 Å². The van der Waals surface area contributed by atoms with Gasteiger partial charge in [0.1, 0.15) is 5.75 Å². The van der Waals surface area contributed by atoms with Crippen molar-refractivity contribution in [3.63, 3.8) is 0 Å². The molecule has 0 spiro atoms. The Labute approximate surface area is 149 Å². The van der Waals surface area contributed by atoms with Crippen molar-refractivity contribution in [1.29, 1.82) is 0 Å². The van der Waals surface area contributed by atoms with E-state index in [0.717, 1.165) is 25.9 Å². The molecular weight excluding hydrogens is 342 g/mol. The van der Waals surface area contributed by atoms with Crippen molar-refractivity contribution in [2.45, 2.75) is 19.5 Å². The number of nitrogens with one attached hydrogen (secondary N) is 1. The lowest BCUT2D eigenvalue weighted by Crippen LogP contribution is -2.27. The number of alkyl halides is 2. The number of carbonyl (C=O) groups excluding carboxylic acids is 2. The molecule has 1 fully saturated rings. The third-order valence-corrected chi connectivity index (χ3v) is 4.13. The number of benzene rings is 2. The van der Waals surface area contributed by atoms with Crippen LogP contribution < -0.4 is 10.1 Å². The van der Waals surface area contributed by atoms with Gasteiger partial charge in [-0.3, -0.25) is 9.59 Å². The second-order valence-corrected chi connectivity index (χ2v) is 5.91. The molecule has 1 aliphatic heterocycles. The number of ether oxygens (including phenoxy) is 1. The van der Waals surface area contributed by atoms with Crippen molar-refractivity contribution in [3.8, 4) is 5.75 Å². The number of rotatable bonds is 5. The van der Waals surface area contributed by atoms with E-state index in [2.05, 4.69) is 10.1 Å². The molecule has 136 valence electrons. The third-order valence-electron chi connectivity index (χ3n) is 4.13. The van der Waals surface area contributed by atoms with E-state index >= 15 is 0 Å². The summed E-state index contributed by atoms with van der Waals surface area (Å²) < 4.78 is 29.3. The number of para-hydroxylation sites is 1. The first-order chi connectivity index (χ1) is 12.5. The van der Waals surface area contributed by atoms with Crippen LogP contribution in [0.5, 0.6) is 5.75 Å². The van der Waals surface area contributed by atoms with Gasteiger partial charge in [0.05, 0.1) is 5.56 Å². The van der Waals surface area contributed by atoms with Crippen molar-refractivity contribution in [1.82, 2.24) is 4.90 Å². The number of amides is 2. The fourth-order valence-corrected chi connectivity index (χ4v) is 2.85. The molecule has 2 aromatic carbocycles. The molecule has 0 unspecified atom stereocenters. The number of carbonyl (C=O) groups is 2. The van der Waals surface area contributed by atoms with Gasteiger partial charge >= 0.3 is 6.61 Å². The molecule has 1 heterocycles. The van der Waals surface area contributed by atoms with Gasteiger partial charge in [-0.05, 0) is 49.2 Å². The molecule has 3 rings (SSSR count). The quantitative estimate of drug-likeness (QED) is 0.883. The zero-order chi connectivity index (χ0) is 18.5. The Morgan fingerprint density at radius 1 is 1.00 bits per heavy atom. The number of anilines is 1. The normalized spacial score (nSPS) is 13.7. The molecule has 26 heavy (non-hydrogen) atoms. The second-order valence-electron chi connectivity index (χ2n) is 5.91. The van der Waals surface area contributed by atoms with Crippen LogP contribution in [0, 0.1) is 0 Å². The van der Waals surface area contributed by atoms with E-state index in [1.165, 1.54) is 18.2 Å². The van der Waals surface area contributed by atoms with Crippen LogP contribution in [0.1, 0.15) is 33.6 Å². The first-order valence-electron chi connectivity index (χ1n) is 8.29. The molecule has 1 saturated heterocycles. The summed E-state index contributed by atoms with van der Waals surface area (Å²) in [6.45, 7) is -1.49. The molecule has 0 aliphatic carbocycles. The largest absolute Gasteiger partial charge is 0.434 e. The first kappa shape index (κ1) is 17.8. The number of hydrogen-bond donors (Lipinski definition) is 1. The molecule has 0 bridgehead atoms. The summed E-state index contributed by atoms with van der Waals surface area (Å²) in [5, 5.41) is 2.62. The van der Waals surface area contributed by atoms with E-state index in [0.29, 0.717) is 11.3 Å². The average Bonchev–Trinajstić information content (AvgIpc) is 3.16. The van der Waals surface area contributed by atoms with E-state index in [1.807, 2.05) is 0 Å². The number of likely N-dealkylation sites (tertiary alicyclic amines) is 1. The second kappa shape index (κ2) is 7.95. The maximum Gasteiger partial charge on any atom is 0.387 e. The van der Waals surface area contributed by atoms with E-state index in [1.54, 1.807) is 35.2 Å². The highest BCUT2D eigenvalue weighted by molar-refractivity contribution is 6.06. The Morgan fingerprint density at radius 2 is 1.65 bits per heavy atom. The maximum absolute atomic E-state index is 12.4. The molecule has 7 heteroatoms. The summed E-state index contributed by atoms with van der Waals surface area (Å²) in [5.41, 5.74) is 1.01. The summed E-state index contributed by atoms with van der Waals surface area (Å²) in [6.07, 6.45) is 2.03. The average molecular weight is 360 g/mol. The van der Waals surface area contributed by atoms with Gasteiger partial charge in [0.15, 0.2) is 0 Å². The lowest BCUT2D eigenvalue weighted by atomic mass is 10.1. The van der Waals surface area contributed by atoms with Gasteiger partial charge in [0.25, 0.3) is 11.8 Å². The Hall–Kier alpha value is -2.96. The summed E-state index contributed by atoms with van der Waals surface area (Å²) in [7, 11) is 0. The highest BCUT2D eigenvalue weighted by Gasteiger charge is 2.19. The summed E-state index contributed by atoms with van der Waals surface area (Å²) in [4.78, 5) is 26.4. The Balaban J connectivity index is 1.69. The topological polar surface area (TPSA) is 58.6 Å². The molecule has 1 aliphatic rings. The van der Waals surface area contributed by atoms with Crippen LogP contribution in [0.4, 0.5) is 14.5 Å². The number of halogens is 2. The Kier molecular flexibility index (Phi) is 5.46. The molecular formula is C19H18F2N2O3. The summed E-state index contributed by atoms with van der Waals surface area (Å²) in [5.74, 6) is -0.795. The van der Waals surface area contributed by atoms with Crippen LogP contribution in [-0.2, 0) is 0 Å². The van der Waals surface area contributed by atoms with Crippen LogP contribution in [0.3, 0.4) is 0 Å². The van der Waals surface area contributed by atoms with E-state index in [9.17, 15) is 18.4 Å². The highest BCUT2D eigenvalue weighted by Crippen LogP contribution is 2.22. The van der Waals surface area contributed by atoms with Crippen molar-refractivity contribution < 1.29 is 23.1 Å². The van der Waals surface area contributed by atoms with Gasteiger partial charge < -0.3 is 15.0 Å². The zero-order valence-corrected chi connectivity index (χ0v) is 14.0. The number of hydrogen-bond acceptors (Lipinski definition) is 3. The third kappa shape index (κ3) is 4.17. The monoisotopic (exact) mass is 360 g/mol. The SMILES string of the molecule is O=C(Nc1ccc(C(=O)N2CCCC2)cc1)c1ccccc1OC(F)F. The van der Waals surface area contributed by atoms with Gasteiger partial charge in [-0.2, -0.15) is 8.78 Å². The summed E-state index contributed by atoms with van der Waals surface area (Å²) in [6, 6.07) is 12.3. The van der Waals surface area contributed by atoms with Gasteiger partial charge in [0, 0.05) is 24.3 Å². The van der Waals surface area contributed by atoms with E-state index in [4.69, 9.17) is 0 Å². The fourth-order valence-electron chi connectivity index (χ4n) is 2.85. The van der Waals surface area contributed by atoms with E-state index in [-0.39, 0.29) is 17.2 Å². The maximum atomic E-state index is 12.4.